The van der Waals surface area contributed by atoms with Crippen LogP contribution >= 0.6 is 0 Å². The fourth-order valence-corrected chi connectivity index (χ4v) is 3.12. The highest BCUT2D eigenvalue weighted by Crippen LogP contribution is 2.26. The molecule has 0 radical (unpaired) electrons. The van der Waals surface area contributed by atoms with E-state index in [4.69, 9.17) is 0 Å². The summed E-state index contributed by atoms with van der Waals surface area (Å²) in [6, 6.07) is 0.357. The predicted octanol–water partition coefficient (Wildman–Crippen LogP) is 1.61. The molecule has 0 spiro atoms. The van der Waals surface area contributed by atoms with Crippen LogP contribution < -0.4 is 4.72 Å². The van der Waals surface area contributed by atoms with Gasteiger partial charge in [0.2, 0.25) is 10.0 Å². The molecule has 5 nitrogen and oxygen atoms in total. The van der Waals surface area contributed by atoms with Gasteiger partial charge < -0.3 is 4.57 Å². The van der Waals surface area contributed by atoms with Crippen LogP contribution in [0.1, 0.15) is 50.7 Å². The topological polar surface area (TPSA) is 64.0 Å². The van der Waals surface area contributed by atoms with Gasteiger partial charge >= 0.3 is 0 Å². The molecule has 1 aromatic heterocycles. The van der Waals surface area contributed by atoms with E-state index in [1.165, 1.54) is 0 Å². The van der Waals surface area contributed by atoms with E-state index in [9.17, 15) is 8.42 Å². The first kappa shape index (κ1) is 12.6. The number of sulfonamides is 1. The summed E-state index contributed by atoms with van der Waals surface area (Å²) in [4.78, 5) is 4.18. The smallest absolute Gasteiger partial charge is 0.221 e. The molecule has 1 heterocycles. The van der Waals surface area contributed by atoms with E-state index in [0.717, 1.165) is 12.8 Å². The van der Waals surface area contributed by atoms with Crippen LogP contribution in [0.15, 0.2) is 12.4 Å². The normalized spacial score (nSPS) is 18.6. The van der Waals surface area contributed by atoms with Gasteiger partial charge in [-0.1, -0.05) is 0 Å². The zero-order valence-electron chi connectivity index (χ0n) is 10.4. The van der Waals surface area contributed by atoms with E-state index in [1.54, 1.807) is 13.1 Å². The minimum Gasteiger partial charge on any atom is -0.331 e. The van der Waals surface area contributed by atoms with E-state index >= 15 is 0 Å². The third kappa shape index (κ3) is 2.69. The predicted molar refractivity (Wildman–Crippen MR) is 66.1 cm³/mol. The zero-order valence-corrected chi connectivity index (χ0v) is 11.2. The molecule has 0 aromatic carbocycles. The van der Waals surface area contributed by atoms with Gasteiger partial charge in [-0.15, -0.1) is 0 Å². The molecule has 1 aliphatic rings. The summed E-state index contributed by atoms with van der Waals surface area (Å²) in [5.41, 5.74) is 0. The minimum atomic E-state index is -3.31. The molecule has 17 heavy (non-hydrogen) atoms. The lowest BCUT2D eigenvalue weighted by Gasteiger charge is -2.17. The van der Waals surface area contributed by atoms with Gasteiger partial charge in [0.15, 0.2) is 0 Å². The standard InChI is InChI=1S/C11H19N3O2S/c1-8(2)14-7-6-12-11(14)9(3)17(15,16)13-10-4-5-10/h6-10,13H,4-5H2,1-3H3/t9-/m0/s1. The van der Waals surface area contributed by atoms with Gasteiger partial charge in [-0.2, -0.15) is 0 Å². The first-order chi connectivity index (χ1) is 7.92. The summed E-state index contributed by atoms with van der Waals surface area (Å²) in [7, 11) is -3.31. The quantitative estimate of drug-likeness (QED) is 0.871. The van der Waals surface area contributed by atoms with Gasteiger partial charge in [-0.05, 0) is 33.6 Å². The Morgan fingerprint density at radius 3 is 2.59 bits per heavy atom. The lowest BCUT2D eigenvalue weighted by atomic mass is 10.3. The fourth-order valence-electron chi connectivity index (χ4n) is 1.75. The van der Waals surface area contributed by atoms with Gasteiger partial charge in [0.05, 0.1) is 0 Å². The van der Waals surface area contributed by atoms with Crippen molar-refractivity contribution in [2.45, 2.75) is 50.9 Å². The van der Waals surface area contributed by atoms with Gasteiger partial charge in [0.1, 0.15) is 11.1 Å². The molecule has 1 N–H and O–H groups in total. The Kier molecular flexibility index (Phi) is 3.27. The van der Waals surface area contributed by atoms with E-state index in [2.05, 4.69) is 9.71 Å². The van der Waals surface area contributed by atoms with Crippen molar-refractivity contribution < 1.29 is 8.42 Å². The average molecular weight is 257 g/mol. The molecule has 0 bridgehead atoms. The van der Waals surface area contributed by atoms with Crippen molar-refractivity contribution in [1.82, 2.24) is 14.3 Å². The molecule has 1 fully saturated rings. The van der Waals surface area contributed by atoms with E-state index in [0.29, 0.717) is 5.82 Å². The molecule has 6 heteroatoms. The van der Waals surface area contributed by atoms with Gasteiger partial charge in [0.25, 0.3) is 0 Å². The van der Waals surface area contributed by atoms with Crippen LogP contribution in [0.2, 0.25) is 0 Å². The van der Waals surface area contributed by atoms with Gasteiger partial charge in [-0.3, -0.25) is 0 Å². The van der Waals surface area contributed by atoms with Gasteiger partial charge in [0, 0.05) is 24.5 Å². The highest BCUT2D eigenvalue weighted by molar-refractivity contribution is 7.89. The van der Waals surface area contributed by atoms with Crippen molar-refractivity contribution in [3.8, 4) is 0 Å². The maximum absolute atomic E-state index is 12.1. The highest BCUT2D eigenvalue weighted by atomic mass is 32.2. The first-order valence-electron chi connectivity index (χ1n) is 5.95. The molecule has 96 valence electrons. The molecule has 1 saturated carbocycles. The van der Waals surface area contributed by atoms with E-state index in [-0.39, 0.29) is 12.1 Å². The van der Waals surface area contributed by atoms with E-state index in [1.807, 2.05) is 24.6 Å². The Balaban J connectivity index is 2.23. The summed E-state index contributed by atoms with van der Waals surface area (Å²) < 4.78 is 28.8. The van der Waals surface area contributed by atoms with Crippen molar-refractivity contribution in [3.05, 3.63) is 18.2 Å². The Hall–Kier alpha value is -0.880. The number of hydrogen-bond donors (Lipinski definition) is 1. The number of rotatable bonds is 5. The Morgan fingerprint density at radius 1 is 1.41 bits per heavy atom. The summed E-state index contributed by atoms with van der Waals surface area (Å²) in [5, 5.41) is -0.611. The van der Waals surface area contributed by atoms with Crippen molar-refractivity contribution >= 4 is 10.0 Å². The van der Waals surface area contributed by atoms with E-state index < -0.39 is 15.3 Å². The number of imidazole rings is 1. The molecule has 2 rings (SSSR count). The molecule has 1 aliphatic carbocycles. The number of aromatic nitrogens is 2. The Bertz CT molecular complexity index is 489. The molecule has 0 saturated heterocycles. The lowest BCUT2D eigenvalue weighted by molar-refractivity contribution is 0.540. The van der Waals surface area contributed by atoms with Crippen molar-refractivity contribution in [2.24, 2.45) is 0 Å². The average Bonchev–Trinajstić information content (AvgIpc) is 2.90. The fraction of sp³-hybridized carbons (Fsp3) is 0.727. The summed E-state index contributed by atoms with van der Waals surface area (Å²) in [6.45, 7) is 5.71. The molecule has 1 aromatic rings. The second-order valence-electron chi connectivity index (χ2n) is 4.87. The molecular weight excluding hydrogens is 238 g/mol. The molecule has 0 amide bonds. The van der Waals surface area contributed by atoms with Gasteiger partial charge in [-0.25, -0.2) is 18.1 Å². The summed E-state index contributed by atoms with van der Waals surface area (Å²) in [6.07, 6.45) is 5.37. The maximum atomic E-state index is 12.1. The maximum Gasteiger partial charge on any atom is 0.221 e. The van der Waals surface area contributed by atoms with Crippen LogP contribution in [0.4, 0.5) is 0 Å². The summed E-state index contributed by atoms with van der Waals surface area (Å²) >= 11 is 0. The molecule has 0 unspecified atom stereocenters. The van der Waals surface area contributed by atoms with Crippen molar-refractivity contribution in [3.63, 3.8) is 0 Å². The lowest BCUT2D eigenvalue weighted by Crippen LogP contribution is -2.31. The molecule has 0 aliphatic heterocycles. The van der Waals surface area contributed by atoms with Crippen LogP contribution in [0.25, 0.3) is 0 Å². The number of nitrogens with zero attached hydrogens (tertiary/aromatic N) is 2. The largest absolute Gasteiger partial charge is 0.331 e. The SMILES string of the molecule is CC(C)n1ccnc1[C@H](C)S(=O)(=O)NC1CC1. The summed E-state index contributed by atoms with van der Waals surface area (Å²) in [5.74, 6) is 0.605. The number of hydrogen-bond acceptors (Lipinski definition) is 3. The molecule has 1 atom stereocenters. The minimum absolute atomic E-state index is 0.143. The number of nitrogens with one attached hydrogen (secondary N) is 1. The monoisotopic (exact) mass is 257 g/mol. The van der Waals surface area contributed by atoms with Crippen LogP contribution in [0, 0.1) is 0 Å². The van der Waals surface area contributed by atoms with Crippen LogP contribution in [-0.4, -0.2) is 24.0 Å². The van der Waals surface area contributed by atoms with Crippen LogP contribution in [0.3, 0.4) is 0 Å². The van der Waals surface area contributed by atoms with Crippen molar-refractivity contribution in [2.75, 3.05) is 0 Å². The molecular formula is C11H19N3O2S. The van der Waals surface area contributed by atoms with Crippen molar-refractivity contribution in [1.29, 1.82) is 0 Å². The third-order valence-electron chi connectivity index (χ3n) is 2.99. The first-order valence-corrected chi connectivity index (χ1v) is 7.50. The zero-order chi connectivity index (χ0) is 12.6. The second-order valence-corrected chi connectivity index (χ2v) is 6.90. The third-order valence-corrected chi connectivity index (χ3v) is 4.80. The Morgan fingerprint density at radius 2 is 2.06 bits per heavy atom. The van der Waals surface area contributed by atoms with Crippen LogP contribution in [0.5, 0.6) is 0 Å². The second kappa shape index (κ2) is 4.42. The van der Waals surface area contributed by atoms with Crippen LogP contribution in [-0.2, 0) is 10.0 Å². The Labute approximate surface area is 102 Å². The highest BCUT2D eigenvalue weighted by Gasteiger charge is 2.33.